The zero-order valence-corrected chi connectivity index (χ0v) is 19.8. The van der Waals surface area contributed by atoms with Crippen LogP contribution < -0.4 is 0 Å². The molecule has 0 aliphatic heterocycles. The van der Waals surface area contributed by atoms with E-state index in [1.54, 1.807) is 12.1 Å². The van der Waals surface area contributed by atoms with E-state index in [4.69, 9.17) is 0 Å². The molecule has 0 bridgehead atoms. The molecule has 0 spiro atoms. The van der Waals surface area contributed by atoms with Crippen LogP contribution in [-0.2, 0) is 15.8 Å². The Kier molecular flexibility index (Phi) is 9.67. The van der Waals surface area contributed by atoms with Crippen LogP contribution in [0.15, 0.2) is 52.3 Å². The Balaban J connectivity index is 2.27. The number of unbranched alkanes of at least 4 members (excludes halogenated alkanes) is 2. The third kappa shape index (κ3) is 6.78. The number of hydrogen-bond acceptors (Lipinski definition) is 6. The summed E-state index contributed by atoms with van der Waals surface area (Å²) < 4.78 is 27.8. The predicted molar refractivity (Wildman–Crippen MR) is 125 cm³/mol. The van der Waals surface area contributed by atoms with Crippen LogP contribution in [0.25, 0.3) is 0 Å². The third-order valence-corrected chi connectivity index (χ3v) is 7.92. The van der Waals surface area contributed by atoms with Gasteiger partial charge >= 0.3 is 5.97 Å². The fraction of sp³-hybridized carbons (Fsp3) is 0.409. The maximum atomic E-state index is 13.2. The van der Waals surface area contributed by atoms with Gasteiger partial charge in [0, 0.05) is 35.9 Å². The van der Waals surface area contributed by atoms with Crippen molar-refractivity contribution < 1.29 is 23.2 Å². The molecule has 0 atom stereocenters. The first kappa shape index (κ1) is 25.8. The Hall–Kier alpha value is -2.43. The number of thioether (sulfide) groups is 1. The van der Waals surface area contributed by atoms with Crippen LogP contribution >= 0.6 is 11.8 Å². The summed E-state index contributed by atoms with van der Waals surface area (Å²) in [6.45, 7) is 4.78. The smallest absolute Gasteiger partial charge is 0.336 e. The van der Waals surface area contributed by atoms with Gasteiger partial charge in [-0.05, 0) is 36.6 Å². The molecule has 0 radical (unpaired) electrons. The van der Waals surface area contributed by atoms with Crippen molar-refractivity contribution >= 4 is 33.4 Å². The first-order valence-corrected chi connectivity index (χ1v) is 12.9. The molecule has 2 rings (SSSR count). The number of hydrogen-bond donors (Lipinski definition) is 1. The molecule has 0 saturated heterocycles. The molecule has 0 heterocycles. The van der Waals surface area contributed by atoms with E-state index in [2.05, 4.69) is 0 Å². The number of nitro groups is 1. The Morgan fingerprint density at radius 3 is 2.16 bits per heavy atom. The normalized spacial score (nSPS) is 11.6. The fourth-order valence-corrected chi connectivity index (χ4v) is 5.53. The molecule has 2 aromatic carbocycles. The average Bonchev–Trinajstić information content (AvgIpc) is 2.77. The van der Waals surface area contributed by atoms with E-state index < -0.39 is 20.9 Å². The van der Waals surface area contributed by atoms with Crippen LogP contribution in [0.4, 0.5) is 5.69 Å². The number of sulfonamides is 1. The molecule has 0 saturated carbocycles. The minimum Gasteiger partial charge on any atom is -0.478 e. The molecular formula is C22H28N2O6S2. The van der Waals surface area contributed by atoms with Gasteiger partial charge in [0.2, 0.25) is 10.0 Å². The van der Waals surface area contributed by atoms with Gasteiger partial charge in [-0.15, -0.1) is 11.8 Å². The second kappa shape index (κ2) is 12.0. The number of nitrogens with zero attached hydrogens (tertiary/aromatic N) is 2. The van der Waals surface area contributed by atoms with Crippen LogP contribution in [-0.4, -0.2) is 41.8 Å². The number of rotatable bonds is 13. The van der Waals surface area contributed by atoms with Crippen molar-refractivity contribution in [1.82, 2.24) is 4.31 Å². The van der Waals surface area contributed by atoms with Crippen molar-refractivity contribution in [3.63, 3.8) is 0 Å². The number of benzene rings is 2. The molecule has 0 unspecified atom stereocenters. The average molecular weight is 481 g/mol. The van der Waals surface area contributed by atoms with E-state index >= 15 is 0 Å². The Morgan fingerprint density at radius 1 is 1.06 bits per heavy atom. The Bertz CT molecular complexity index is 1030. The molecule has 0 aliphatic carbocycles. The highest BCUT2D eigenvalue weighted by molar-refractivity contribution is 7.98. The molecule has 0 fully saturated rings. The van der Waals surface area contributed by atoms with Crippen LogP contribution in [0.1, 0.15) is 55.5 Å². The Morgan fingerprint density at radius 2 is 1.66 bits per heavy atom. The lowest BCUT2D eigenvalue weighted by Crippen LogP contribution is -2.33. The number of non-ortho nitro benzene ring substituents is 1. The molecule has 0 aliphatic rings. The van der Waals surface area contributed by atoms with Gasteiger partial charge in [0.05, 0.1) is 15.4 Å². The van der Waals surface area contributed by atoms with E-state index in [-0.39, 0.29) is 16.1 Å². The van der Waals surface area contributed by atoms with Crippen molar-refractivity contribution in [2.75, 3.05) is 13.1 Å². The second-order valence-corrected chi connectivity index (χ2v) is 10.2. The number of carboxylic acids is 1. The first-order valence-electron chi connectivity index (χ1n) is 10.4. The monoisotopic (exact) mass is 480 g/mol. The molecule has 2 aromatic rings. The second-order valence-electron chi connectivity index (χ2n) is 7.29. The lowest BCUT2D eigenvalue weighted by molar-refractivity contribution is -0.384. The standard InChI is InChI=1S/C22H28N2O6S2/c1-3-5-13-23(14-6-4-2)32(29,30)19-11-12-21(20(15-19)22(25)26)31-16-17-7-9-18(10-8-17)24(27)28/h7-12,15H,3-6,13-14,16H2,1-2H3,(H,25,26). The van der Waals surface area contributed by atoms with Gasteiger partial charge in [0.15, 0.2) is 0 Å². The zero-order chi connectivity index (χ0) is 23.7. The van der Waals surface area contributed by atoms with Crippen molar-refractivity contribution in [2.45, 2.75) is 55.1 Å². The maximum absolute atomic E-state index is 13.2. The van der Waals surface area contributed by atoms with Gasteiger partial charge in [-0.3, -0.25) is 10.1 Å². The summed E-state index contributed by atoms with van der Waals surface area (Å²) >= 11 is 1.24. The lowest BCUT2D eigenvalue weighted by Gasteiger charge is -2.22. The van der Waals surface area contributed by atoms with E-state index in [0.29, 0.717) is 23.7 Å². The Labute approximate surface area is 192 Å². The quantitative estimate of drug-likeness (QED) is 0.238. The van der Waals surface area contributed by atoms with Gasteiger partial charge in [0.1, 0.15) is 0 Å². The summed E-state index contributed by atoms with van der Waals surface area (Å²) in [4.78, 5) is 22.5. The number of carboxylic acid groups (broad SMARTS) is 1. The molecule has 8 nitrogen and oxygen atoms in total. The fourth-order valence-electron chi connectivity index (χ4n) is 3.01. The first-order chi connectivity index (χ1) is 15.2. The van der Waals surface area contributed by atoms with Gasteiger partial charge in [-0.25, -0.2) is 13.2 Å². The summed E-state index contributed by atoms with van der Waals surface area (Å²) in [5.41, 5.74) is 0.693. The van der Waals surface area contributed by atoms with E-state index in [1.807, 2.05) is 13.8 Å². The summed E-state index contributed by atoms with van der Waals surface area (Å²) in [5.74, 6) is -0.814. The highest BCUT2D eigenvalue weighted by Crippen LogP contribution is 2.30. The number of aromatic carboxylic acids is 1. The minimum absolute atomic E-state index is 0.0183. The van der Waals surface area contributed by atoms with E-state index in [0.717, 1.165) is 31.2 Å². The lowest BCUT2D eigenvalue weighted by atomic mass is 10.2. The number of carbonyl (C=O) groups is 1. The molecule has 10 heteroatoms. The van der Waals surface area contributed by atoms with Crippen molar-refractivity contribution in [3.05, 3.63) is 63.7 Å². The maximum Gasteiger partial charge on any atom is 0.336 e. The van der Waals surface area contributed by atoms with Crippen molar-refractivity contribution in [2.24, 2.45) is 0 Å². The predicted octanol–water partition coefficient (Wildman–Crippen LogP) is 5.18. The summed E-state index contributed by atoms with van der Waals surface area (Å²) in [6, 6.07) is 10.2. The molecule has 174 valence electrons. The van der Waals surface area contributed by atoms with Crippen LogP contribution in [0.2, 0.25) is 0 Å². The van der Waals surface area contributed by atoms with Gasteiger partial charge < -0.3 is 5.11 Å². The highest BCUT2D eigenvalue weighted by atomic mass is 32.2. The molecule has 0 aromatic heterocycles. The molecular weight excluding hydrogens is 452 g/mol. The van der Waals surface area contributed by atoms with Gasteiger partial charge in [-0.2, -0.15) is 4.31 Å². The van der Waals surface area contributed by atoms with Crippen molar-refractivity contribution in [3.8, 4) is 0 Å². The van der Waals surface area contributed by atoms with E-state index in [9.17, 15) is 28.4 Å². The molecule has 1 N–H and O–H groups in total. The minimum atomic E-state index is -3.80. The summed E-state index contributed by atoms with van der Waals surface area (Å²) in [5, 5.41) is 20.4. The van der Waals surface area contributed by atoms with Gasteiger partial charge in [-0.1, -0.05) is 38.8 Å². The van der Waals surface area contributed by atoms with Crippen LogP contribution in [0.5, 0.6) is 0 Å². The SMILES string of the molecule is CCCCN(CCCC)S(=O)(=O)c1ccc(SCc2ccc([N+](=O)[O-])cc2)c(C(=O)O)c1. The van der Waals surface area contributed by atoms with Crippen LogP contribution in [0.3, 0.4) is 0 Å². The summed E-state index contributed by atoms with van der Waals surface area (Å²) in [6.07, 6.45) is 3.18. The topological polar surface area (TPSA) is 118 Å². The molecule has 0 amide bonds. The van der Waals surface area contributed by atoms with E-state index in [1.165, 1.54) is 46.4 Å². The third-order valence-electron chi connectivity index (χ3n) is 4.88. The number of nitro benzene ring substituents is 1. The molecule has 32 heavy (non-hydrogen) atoms. The van der Waals surface area contributed by atoms with Gasteiger partial charge in [0.25, 0.3) is 5.69 Å². The van der Waals surface area contributed by atoms with Crippen LogP contribution in [0, 0.1) is 10.1 Å². The largest absolute Gasteiger partial charge is 0.478 e. The zero-order valence-electron chi connectivity index (χ0n) is 18.2. The highest BCUT2D eigenvalue weighted by Gasteiger charge is 2.25. The van der Waals surface area contributed by atoms with Crippen molar-refractivity contribution in [1.29, 1.82) is 0 Å². The summed E-state index contributed by atoms with van der Waals surface area (Å²) in [7, 11) is -3.80.